The molecular formula is C15H19N2O4PS. The van der Waals surface area contributed by atoms with Gasteiger partial charge in [0.2, 0.25) is 0 Å². The molecule has 0 saturated carbocycles. The summed E-state index contributed by atoms with van der Waals surface area (Å²) in [6.07, 6.45) is 0. The molecule has 0 bridgehead atoms. The van der Waals surface area contributed by atoms with Gasteiger partial charge >= 0.3 is 13.5 Å². The van der Waals surface area contributed by atoms with Crippen LogP contribution in [-0.4, -0.2) is 25.2 Å². The van der Waals surface area contributed by atoms with Crippen LogP contribution >= 0.6 is 18.9 Å². The fourth-order valence-corrected chi connectivity index (χ4v) is 4.73. The maximum absolute atomic E-state index is 13.2. The number of methoxy groups -OCH3 is 1. The van der Waals surface area contributed by atoms with E-state index >= 15 is 0 Å². The van der Waals surface area contributed by atoms with E-state index in [1.807, 2.05) is 26.0 Å². The zero-order chi connectivity index (χ0) is 17.2. The Labute approximate surface area is 139 Å². The number of esters is 1. The molecule has 6 nitrogen and oxygen atoms in total. The number of rotatable bonds is 5. The predicted molar refractivity (Wildman–Crippen MR) is 92.0 cm³/mol. The summed E-state index contributed by atoms with van der Waals surface area (Å²) in [5, 5.41) is 4.03. The first kappa shape index (κ1) is 17.7. The summed E-state index contributed by atoms with van der Waals surface area (Å²) in [5.74, 6) is -0.314. The Balaban J connectivity index is 2.47. The van der Waals surface area contributed by atoms with Gasteiger partial charge in [-0.15, -0.1) is 11.3 Å². The lowest BCUT2D eigenvalue weighted by Gasteiger charge is -2.20. The molecule has 0 fully saturated rings. The number of aryl methyl sites for hydroxylation is 3. The minimum absolute atomic E-state index is 0.213. The van der Waals surface area contributed by atoms with Crippen molar-refractivity contribution in [2.24, 2.45) is 0 Å². The van der Waals surface area contributed by atoms with Crippen LogP contribution in [0.3, 0.4) is 0 Å². The van der Waals surface area contributed by atoms with Gasteiger partial charge < -0.3 is 9.26 Å². The van der Waals surface area contributed by atoms with E-state index in [0.717, 1.165) is 11.1 Å². The molecule has 0 saturated heterocycles. The van der Waals surface area contributed by atoms with E-state index in [-0.39, 0.29) is 10.7 Å². The van der Waals surface area contributed by atoms with E-state index in [2.05, 4.69) is 10.1 Å². The second-order valence-corrected chi connectivity index (χ2v) is 8.41. The average molecular weight is 354 g/mol. The molecule has 1 aromatic heterocycles. The van der Waals surface area contributed by atoms with Gasteiger partial charge in [0.25, 0.3) is 0 Å². The zero-order valence-corrected chi connectivity index (χ0v) is 15.4. The van der Waals surface area contributed by atoms with Crippen molar-refractivity contribution in [2.45, 2.75) is 20.8 Å². The van der Waals surface area contributed by atoms with Crippen molar-refractivity contribution >= 4 is 35.9 Å². The SMILES string of the molecule is COC(=O)c1sc(C)nc1NP(=O)(OC)c1ccc(C)cc1C. The minimum atomic E-state index is -3.41. The summed E-state index contributed by atoms with van der Waals surface area (Å²) >= 11 is 1.18. The van der Waals surface area contributed by atoms with Crippen LogP contribution in [0.25, 0.3) is 0 Å². The molecule has 0 aliphatic rings. The molecule has 2 aromatic rings. The summed E-state index contributed by atoms with van der Waals surface area (Å²) in [6, 6.07) is 5.55. The zero-order valence-electron chi connectivity index (χ0n) is 13.7. The van der Waals surface area contributed by atoms with Crippen LogP contribution in [0.1, 0.15) is 25.8 Å². The van der Waals surface area contributed by atoms with Gasteiger partial charge in [-0.3, -0.25) is 9.65 Å². The lowest BCUT2D eigenvalue weighted by atomic mass is 10.2. The van der Waals surface area contributed by atoms with Crippen molar-refractivity contribution < 1.29 is 18.6 Å². The third-order valence-electron chi connectivity index (χ3n) is 3.28. The average Bonchev–Trinajstić information content (AvgIpc) is 2.86. The topological polar surface area (TPSA) is 77.5 Å². The van der Waals surface area contributed by atoms with Gasteiger partial charge in [0.15, 0.2) is 10.7 Å². The highest BCUT2D eigenvalue weighted by Crippen LogP contribution is 2.46. The number of thiazole rings is 1. The van der Waals surface area contributed by atoms with Crippen molar-refractivity contribution in [2.75, 3.05) is 19.3 Å². The van der Waals surface area contributed by atoms with Crippen molar-refractivity contribution in [3.8, 4) is 0 Å². The molecule has 0 aliphatic heterocycles. The summed E-state index contributed by atoms with van der Waals surface area (Å²) in [4.78, 5) is 16.4. The first-order valence-electron chi connectivity index (χ1n) is 6.88. The molecule has 1 unspecified atom stereocenters. The van der Waals surface area contributed by atoms with Gasteiger partial charge in [-0.2, -0.15) is 0 Å². The van der Waals surface area contributed by atoms with E-state index in [4.69, 9.17) is 9.26 Å². The number of nitrogens with zero attached hydrogens (tertiary/aromatic N) is 1. The van der Waals surface area contributed by atoms with Crippen LogP contribution in [0.4, 0.5) is 5.82 Å². The molecule has 0 aliphatic carbocycles. The normalized spacial score (nSPS) is 13.4. The van der Waals surface area contributed by atoms with Gasteiger partial charge in [0.1, 0.15) is 0 Å². The van der Waals surface area contributed by atoms with Gasteiger partial charge in [0.05, 0.1) is 17.4 Å². The van der Waals surface area contributed by atoms with E-state index in [1.165, 1.54) is 25.6 Å². The maximum atomic E-state index is 13.2. The smallest absolute Gasteiger partial charge is 0.351 e. The lowest BCUT2D eigenvalue weighted by Crippen LogP contribution is -2.17. The summed E-state index contributed by atoms with van der Waals surface area (Å²) < 4.78 is 23.3. The highest BCUT2D eigenvalue weighted by molar-refractivity contribution is 7.68. The standard InChI is InChI=1S/C15H19N2O4PS/c1-9-6-7-12(10(2)8-9)22(19,21-5)17-14-13(15(18)20-4)23-11(3)16-14/h6-8H,1-5H3,(H,17,19). The van der Waals surface area contributed by atoms with Crippen molar-refractivity contribution in [1.82, 2.24) is 4.98 Å². The number of nitrogens with one attached hydrogen (secondary N) is 1. The predicted octanol–water partition coefficient (Wildman–Crippen LogP) is 3.43. The number of carbonyl (C=O) groups excluding carboxylic acids is 1. The minimum Gasteiger partial charge on any atom is -0.465 e. The third-order valence-corrected chi connectivity index (χ3v) is 6.39. The molecule has 1 N–H and O–H groups in total. The summed E-state index contributed by atoms with van der Waals surface area (Å²) in [6.45, 7) is 5.58. The Morgan fingerprint density at radius 3 is 2.52 bits per heavy atom. The second-order valence-electron chi connectivity index (χ2n) is 5.04. The number of benzene rings is 1. The van der Waals surface area contributed by atoms with Crippen molar-refractivity contribution in [3.05, 3.63) is 39.2 Å². The number of hydrogen-bond acceptors (Lipinski definition) is 6. The fourth-order valence-electron chi connectivity index (χ4n) is 2.21. The van der Waals surface area contributed by atoms with Gasteiger partial charge in [-0.25, -0.2) is 9.78 Å². The number of hydrogen-bond donors (Lipinski definition) is 1. The number of aromatic nitrogens is 1. The molecule has 1 aromatic carbocycles. The Morgan fingerprint density at radius 1 is 1.26 bits per heavy atom. The molecule has 124 valence electrons. The second kappa shape index (κ2) is 6.83. The first-order valence-corrected chi connectivity index (χ1v) is 9.32. The molecule has 0 spiro atoms. The van der Waals surface area contributed by atoms with Crippen LogP contribution in [0.5, 0.6) is 0 Å². The maximum Gasteiger partial charge on any atom is 0.351 e. The van der Waals surface area contributed by atoms with Crippen LogP contribution in [0.15, 0.2) is 18.2 Å². The van der Waals surface area contributed by atoms with E-state index in [0.29, 0.717) is 10.3 Å². The Hall–Kier alpha value is -1.69. The molecule has 1 heterocycles. The number of ether oxygens (including phenoxy) is 1. The van der Waals surface area contributed by atoms with Crippen molar-refractivity contribution in [3.63, 3.8) is 0 Å². The van der Waals surface area contributed by atoms with Crippen molar-refractivity contribution in [1.29, 1.82) is 0 Å². The Morgan fingerprint density at radius 2 is 1.96 bits per heavy atom. The molecule has 1 atom stereocenters. The fraction of sp³-hybridized carbons (Fsp3) is 0.333. The first-order chi connectivity index (χ1) is 10.8. The molecule has 0 amide bonds. The molecule has 0 radical (unpaired) electrons. The molecular weight excluding hydrogens is 335 g/mol. The van der Waals surface area contributed by atoms with E-state index in [9.17, 15) is 9.36 Å². The van der Waals surface area contributed by atoms with Crippen LogP contribution in [0.2, 0.25) is 0 Å². The van der Waals surface area contributed by atoms with Crippen LogP contribution in [0, 0.1) is 20.8 Å². The molecule has 23 heavy (non-hydrogen) atoms. The molecule has 8 heteroatoms. The third kappa shape index (κ3) is 3.63. The Kier molecular flexibility index (Phi) is 5.24. The summed E-state index contributed by atoms with van der Waals surface area (Å²) in [5.41, 5.74) is 1.91. The monoisotopic (exact) mass is 354 g/mol. The van der Waals surface area contributed by atoms with Crippen LogP contribution < -0.4 is 10.4 Å². The van der Waals surface area contributed by atoms with Crippen LogP contribution in [-0.2, 0) is 13.8 Å². The number of anilines is 1. The highest BCUT2D eigenvalue weighted by Gasteiger charge is 2.30. The van der Waals surface area contributed by atoms with E-state index in [1.54, 1.807) is 13.0 Å². The summed E-state index contributed by atoms with van der Waals surface area (Å²) in [7, 11) is -0.751. The van der Waals surface area contributed by atoms with Gasteiger partial charge in [-0.05, 0) is 32.4 Å². The molecule has 2 rings (SSSR count). The number of carbonyl (C=O) groups is 1. The highest BCUT2D eigenvalue weighted by atomic mass is 32.1. The van der Waals surface area contributed by atoms with E-state index < -0.39 is 13.5 Å². The van der Waals surface area contributed by atoms with Gasteiger partial charge in [-0.1, -0.05) is 17.7 Å². The quantitative estimate of drug-likeness (QED) is 0.655. The van der Waals surface area contributed by atoms with Gasteiger partial charge in [0, 0.05) is 7.11 Å². The largest absolute Gasteiger partial charge is 0.465 e. The lowest BCUT2D eigenvalue weighted by molar-refractivity contribution is 0.0607. The Bertz CT molecular complexity index is 788.